The molecule has 2 unspecified atom stereocenters. The Balaban J connectivity index is 1.53. The maximum atomic E-state index is 13.7. The number of nitrogens with one attached hydrogen (secondary N) is 1. The molecule has 158 valence electrons. The van der Waals surface area contributed by atoms with E-state index in [1.807, 2.05) is 35.3 Å². The Morgan fingerprint density at radius 2 is 1.77 bits per heavy atom. The molecule has 0 aromatic heterocycles. The molecule has 0 saturated carbocycles. The predicted octanol–water partition coefficient (Wildman–Crippen LogP) is 2.43. The van der Waals surface area contributed by atoms with Crippen LogP contribution in [0.15, 0.2) is 54.6 Å². The summed E-state index contributed by atoms with van der Waals surface area (Å²) in [7, 11) is 0. The van der Waals surface area contributed by atoms with E-state index in [1.54, 1.807) is 11.0 Å². The summed E-state index contributed by atoms with van der Waals surface area (Å²) in [6, 6.07) is 15.6. The van der Waals surface area contributed by atoms with Gasteiger partial charge in [0.25, 0.3) is 5.91 Å². The number of piperidine rings is 1. The molecule has 2 heterocycles. The van der Waals surface area contributed by atoms with Gasteiger partial charge in [-0.1, -0.05) is 36.4 Å². The molecule has 7 heteroatoms. The van der Waals surface area contributed by atoms with E-state index < -0.39 is 5.82 Å². The van der Waals surface area contributed by atoms with E-state index in [0.29, 0.717) is 51.4 Å². The monoisotopic (exact) mass is 411 g/mol. The average molecular weight is 411 g/mol. The van der Waals surface area contributed by atoms with Crippen molar-refractivity contribution in [3.8, 4) is 0 Å². The van der Waals surface area contributed by atoms with Crippen LogP contribution >= 0.6 is 0 Å². The van der Waals surface area contributed by atoms with Gasteiger partial charge < -0.3 is 9.64 Å². The molecule has 2 atom stereocenters. The van der Waals surface area contributed by atoms with Crippen LogP contribution in [0.4, 0.5) is 4.39 Å². The normalized spacial score (nSPS) is 22.5. The summed E-state index contributed by atoms with van der Waals surface area (Å²) in [4.78, 5) is 27.8. The molecule has 2 aliphatic heterocycles. The molecule has 0 spiro atoms. The van der Waals surface area contributed by atoms with Gasteiger partial charge in [0.05, 0.1) is 19.1 Å². The number of morpholine rings is 1. The highest BCUT2D eigenvalue weighted by Gasteiger charge is 2.35. The van der Waals surface area contributed by atoms with E-state index in [2.05, 4.69) is 5.43 Å². The van der Waals surface area contributed by atoms with E-state index in [1.165, 1.54) is 18.2 Å². The van der Waals surface area contributed by atoms with Crippen LogP contribution in [0.25, 0.3) is 0 Å². The van der Waals surface area contributed by atoms with Crippen molar-refractivity contribution in [2.75, 3.05) is 39.4 Å². The zero-order valence-electron chi connectivity index (χ0n) is 16.8. The maximum absolute atomic E-state index is 13.7. The van der Waals surface area contributed by atoms with Crippen LogP contribution in [0.2, 0.25) is 0 Å². The molecule has 0 bridgehead atoms. The molecule has 2 aromatic rings. The minimum Gasteiger partial charge on any atom is -0.379 e. The molecule has 2 saturated heterocycles. The fourth-order valence-corrected chi connectivity index (χ4v) is 4.15. The Kier molecular flexibility index (Phi) is 6.40. The summed E-state index contributed by atoms with van der Waals surface area (Å²) in [5, 5.41) is 1.87. The van der Waals surface area contributed by atoms with Gasteiger partial charge in [-0.15, -0.1) is 0 Å². The van der Waals surface area contributed by atoms with Crippen LogP contribution in [-0.2, 0) is 9.53 Å². The molecule has 1 N–H and O–H groups in total. The lowest BCUT2D eigenvalue weighted by atomic mass is 9.84. The molecule has 0 aliphatic carbocycles. The number of amides is 2. The van der Waals surface area contributed by atoms with Crippen LogP contribution in [0.5, 0.6) is 0 Å². The highest BCUT2D eigenvalue weighted by atomic mass is 19.1. The van der Waals surface area contributed by atoms with Crippen molar-refractivity contribution in [1.29, 1.82) is 0 Å². The number of likely N-dealkylation sites (tertiary alicyclic amines) is 1. The molecule has 6 nitrogen and oxygen atoms in total. The summed E-state index contributed by atoms with van der Waals surface area (Å²) >= 11 is 0. The molecular formula is C23H26FN3O3. The van der Waals surface area contributed by atoms with Crippen molar-refractivity contribution in [2.24, 2.45) is 5.92 Å². The molecule has 30 heavy (non-hydrogen) atoms. The van der Waals surface area contributed by atoms with Crippen LogP contribution < -0.4 is 5.43 Å². The number of rotatable bonds is 4. The zero-order valence-corrected chi connectivity index (χ0v) is 16.8. The first-order valence-corrected chi connectivity index (χ1v) is 10.3. The third-order valence-corrected chi connectivity index (χ3v) is 5.73. The summed E-state index contributed by atoms with van der Waals surface area (Å²) in [6.07, 6.45) is 0.660. The number of ether oxygens (including phenoxy) is 1. The standard InChI is InChI=1S/C23H26FN3O3/c24-21-8-4-7-18(14-21)23(29)26-15-19(17-5-2-1-3-6-17)13-20(16-26)22(28)25-27-9-11-30-12-10-27/h1-8,14,19-20H,9-13,15-16H2,(H,25,28). The van der Waals surface area contributed by atoms with Crippen LogP contribution in [0.1, 0.15) is 28.3 Å². The molecule has 2 aliphatic rings. The topological polar surface area (TPSA) is 61.9 Å². The van der Waals surface area contributed by atoms with Gasteiger partial charge in [0.2, 0.25) is 5.91 Å². The van der Waals surface area contributed by atoms with Gasteiger partial charge in [-0.25, -0.2) is 9.40 Å². The van der Waals surface area contributed by atoms with Gasteiger partial charge in [0, 0.05) is 37.7 Å². The number of hydrogen-bond donors (Lipinski definition) is 1. The first-order valence-electron chi connectivity index (χ1n) is 10.3. The molecule has 2 fully saturated rings. The van der Waals surface area contributed by atoms with Crippen molar-refractivity contribution in [3.63, 3.8) is 0 Å². The number of hydrazine groups is 1. The fraction of sp³-hybridized carbons (Fsp3) is 0.391. The summed E-state index contributed by atoms with van der Waals surface area (Å²) in [5.74, 6) is -1.09. The quantitative estimate of drug-likeness (QED) is 0.840. The Morgan fingerprint density at radius 3 is 2.50 bits per heavy atom. The van der Waals surface area contributed by atoms with E-state index >= 15 is 0 Å². The van der Waals surface area contributed by atoms with Gasteiger partial charge in [-0.3, -0.25) is 15.0 Å². The van der Waals surface area contributed by atoms with Gasteiger partial charge in [-0.2, -0.15) is 0 Å². The van der Waals surface area contributed by atoms with Gasteiger partial charge in [0.15, 0.2) is 0 Å². The minimum atomic E-state index is -0.445. The van der Waals surface area contributed by atoms with Crippen molar-refractivity contribution in [1.82, 2.24) is 15.3 Å². The molecule has 2 amide bonds. The molecular weight excluding hydrogens is 385 g/mol. The second kappa shape index (κ2) is 9.36. The SMILES string of the molecule is O=C(NN1CCOCC1)C1CC(c2ccccc2)CN(C(=O)c2cccc(F)c2)C1. The minimum absolute atomic E-state index is 0.0397. The van der Waals surface area contributed by atoms with E-state index in [-0.39, 0.29) is 23.7 Å². The van der Waals surface area contributed by atoms with Crippen molar-refractivity contribution in [2.45, 2.75) is 12.3 Å². The number of nitrogens with zero attached hydrogens (tertiary/aromatic N) is 2. The van der Waals surface area contributed by atoms with Crippen LogP contribution in [-0.4, -0.2) is 61.1 Å². The van der Waals surface area contributed by atoms with E-state index in [0.717, 1.165) is 5.56 Å². The first-order chi connectivity index (χ1) is 14.6. The Labute approximate surface area is 175 Å². The Hall–Kier alpha value is -2.77. The lowest BCUT2D eigenvalue weighted by Gasteiger charge is -2.38. The van der Waals surface area contributed by atoms with Crippen molar-refractivity contribution >= 4 is 11.8 Å². The predicted molar refractivity (Wildman–Crippen MR) is 110 cm³/mol. The summed E-state index contributed by atoms with van der Waals surface area (Å²) in [6.45, 7) is 3.28. The van der Waals surface area contributed by atoms with Gasteiger partial charge >= 0.3 is 0 Å². The van der Waals surface area contributed by atoms with Gasteiger partial charge in [0.1, 0.15) is 5.82 Å². The highest BCUT2D eigenvalue weighted by molar-refractivity contribution is 5.94. The Morgan fingerprint density at radius 1 is 1.00 bits per heavy atom. The average Bonchev–Trinajstić information content (AvgIpc) is 2.79. The fourth-order valence-electron chi connectivity index (χ4n) is 4.15. The molecule has 2 aromatic carbocycles. The van der Waals surface area contributed by atoms with E-state index in [4.69, 9.17) is 4.74 Å². The second-order valence-electron chi connectivity index (χ2n) is 7.84. The number of carbonyl (C=O) groups excluding carboxylic acids is 2. The third-order valence-electron chi connectivity index (χ3n) is 5.73. The maximum Gasteiger partial charge on any atom is 0.253 e. The third kappa shape index (κ3) is 4.86. The largest absolute Gasteiger partial charge is 0.379 e. The number of carbonyl (C=O) groups is 2. The van der Waals surface area contributed by atoms with Crippen molar-refractivity contribution < 1.29 is 18.7 Å². The summed E-state index contributed by atoms with van der Waals surface area (Å²) in [5.41, 5.74) is 4.38. The Bertz CT molecular complexity index is 886. The lowest BCUT2D eigenvalue weighted by Crippen LogP contribution is -2.54. The number of halogens is 1. The molecule has 4 rings (SSSR count). The second-order valence-corrected chi connectivity index (χ2v) is 7.84. The van der Waals surface area contributed by atoms with E-state index in [9.17, 15) is 14.0 Å². The van der Waals surface area contributed by atoms with Crippen molar-refractivity contribution in [3.05, 3.63) is 71.5 Å². The highest BCUT2D eigenvalue weighted by Crippen LogP contribution is 2.31. The smallest absolute Gasteiger partial charge is 0.253 e. The number of hydrogen-bond acceptors (Lipinski definition) is 4. The summed E-state index contributed by atoms with van der Waals surface area (Å²) < 4.78 is 19.0. The molecule has 0 radical (unpaired) electrons. The first kappa shape index (κ1) is 20.5. The van der Waals surface area contributed by atoms with Crippen LogP contribution in [0, 0.1) is 11.7 Å². The lowest BCUT2D eigenvalue weighted by molar-refractivity contribution is -0.133. The zero-order chi connectivity index (χ0) is 20.9. The number of benzene rings is 2. The van der Waals surface area contributed by atoms with Gasteiger partial charge in [-0.05, 0) is 30.2 Å². The van der Waals surface area contributed by atoms with Crippen LogP contribution in [0.3, 0.4) is 0 Å².